The fraction of sp³-hybridized carbons (Fsp3) is 0.600. The number of hydrogen-bond acceptors (Lipinski definition) is 3. The first-order chi connectivity index (χ1) is 9.69. The van der Waals surface area contributed by atoms with E-state index in [9.17, 15) is 4.79 Å². The van der Waals surface area contributed by atoms with Crippen LogP contribution in [0.2, 0.25) is 0 Å². The number of nitrogens with two attached hydrogens (primary N) is 1. The van der Waals surface area contributed by atoms with Crippen molar-refractivity contribution in [2.75, 3.05) is 12.3 Å². The average molecular weight is 276 g/mol. The zero-order valence-corrected chi connectivity index (χ0v) is 12.2. The summed E-state index contributed by atoms with van der Waals surface area (Å²) in [5.41, 5.74) is 7.78. The predicted molar refractivity (Wildman–Crippen MR) is 80.5 cm³/mol. The molecule has 1 aliphatic rings. The van der Waals surface area contributed by atoms with E-state index in [0.717, 1.165) is 31.4 Å². The van der Waals surface area contributed by atoms with E-state index in [1.54, 1.807) is 6.08 Å². The second-order valence-corrected chi connectivity index (χ2v) is 5.40. The van der Waals surface area contributed by atoms with Crippen molar-refractivity contribution in [1.82, 2.24) is 15.1 Å². The van der Waals surface area contributed by atoms with Crippen LogP contribution in [0.3, 0.4) is 0 Å². The molecule has 0 saturated heterocycles. The number of carbonyl (C=O) groups is 1. The summed E-state index contributed by atoms with van der Waals surface area (Å²) < 4.78 is 0. The van der Waals surface area contributed by atoms with Crippen molar-refractivity contribution in [1.29, 1.82) is 0 Å². The Morgan fingerprint density at radius 3 is 2.85 bits per heavy atom. The number of H-pyrrole nitrogens is 1. The molecule has 1 aliphatic carbocycles. The van der Waals surface area contributed by atoms with Crippen molar-refractivity contribution in [2.45, 2.75) is 51.5 Å². The molecule has 3 N–H and O–H groups in total. The molecule has 0 aromatic carbocycles. The van der Waals surface area contributed by atoms with Crippen molar-refractivity contribution >= 4 is 11.6 Å². The van der Waals surface area contributed by atoms with E-state index in [1.165, 1.54) is 12.8 Å². The molecular formula is C15H24N4O. The maximum atomic E-state index is 12.7. The third-order valence-corrected chi connectivity index (χ3v) is 3.94. The van der Waals surface area contributed by atoms with E-state index in [4.69, 9.17) is 5.73 Å². The monoisotopic (exact) mass is 276 g/mol. The van der Waals surface area contributed by atoms with E-state index in [0.29, 0.717) is 24.0 Å². The molecule has 1 heterocycles. The minimum absolute atomic E-state index is 0.0760. The van der Waals surface area contributed by atoms with Crippen LogP contribution in [0.5, 0.6) is 0 Å². The molecule has 5 nitrogen and oxygen atoms in total. The van der Waals surface area contributed by atoms with E-state index in [2.05, 4.69) is 23.7 Å². The van der Waals surface area contributed by atoms with Gasteiger partial charge >= 0.3 is 0 Å². The molecule has 1 amide bonds. The maximum Gasteiger partial charge on any atom is 0.277 e. The Hall–Kier alpha value is -1.78. The Balaban J connectivity index is 2.20. The fourth-order valence-corrected chi connectivity index (χ4v) is 2.88. The second kappa shape index (κ2) is 6.59. The molecule has 20 heavy (non-hydrogen) atoms. The number of nitrogen functional groups attached to an aromatic ring is 1. The van der Waals surface area contributed by atoms with Crippen LogP contribution in [0, 0.1) is 0 Å². The number of rotatable bonds is 6. The standard InChI is InChI=1S/C15H24N4O/c1-3-7-12-13(16)14(18-17-12)15(20)19(10-4-2)11-8-5-6-9-11/h4,11H,2-3,5-10,16H2,1H3,(H,17,18). The molecule has 0 radical (unpaired) electrons. The Bertz CT molecular complexity index is 474. The number of aromatic nitrogens is 2. The van der Waals surface area contributed by atoms with E-state index >= 15 is 0 Å². The van der Waals surface area contributed by atoms with Gasteiger partial charge in [0.2, 0.25) is 0 Å². The minimum Gasteiger partial charge on any atom is -0.395 e. The lowest BCUT2D eigenvalue weighted by Crippen LogP contribution is -2.39. The first-order valence-corrected chi connectivity index (χ1v) is 7.43. The van der Waals surface area contributed by atoms with Gasteiger partial charge in [0, 0.05) is 12.6 Å². The SMILES string of the molecule is C=CCN(C(=O)c1n[nH]c(CCC)c1N)C1CCCC1. The number of aryl methyl sites for hydroxylation is 1. The van der Waals surface area contributed by atoms with Crippen LogP contribution in [0.15, 0.2) is 12.7 Å². The summed E-state index contributed by atoms with van der Waals surface area (Å²) in [6, 6.07) is 0.297. The van der Waals surface area contributed by atoms with Gasteiger partial charge in [-0.15, -0.1) is 6.58 Å². The summed E-state index contributed by atoms with van der Waals surface area (Å²) in [7, 11) is 0. The van der Waals surface area contributed by atoms with E-state index in [1.807, 2.05) is 4.90 Å². The lowest BCUT2D eigenvalue weighted by molar-refractivity contribution is 0.0701. The molecule has 0 aliphatic heterocycles. The molecule has 0 bridgehead atoms. The van der Waals surface area contributed by atoms with Crippen LogP contribution >= 0.6 is 0 Å². The lowest BCUT2D eigenvalue weighted by atomic mass is 10.1. The first-order valence-electron chi connectivity index (χ1n) is 7.43. The van der Waals surface area contributed by atoms with Crippen LogP contribution in [0.1, 0.15) is 55.2 Å². The van der Waals surface area contributed by atoms with Gasteiger partial charge in [0.15, 0.2) is 5.69 Å². The van der Waals surface area contributed by atoms with Gasteiger partial charge in [-0.05, 0) is 19.3 Å². The zero-order valence-electron chi connectivity index (χ0n) is 12.2. The van der Waals surface area contributed by atoms with Crippen LogP contribution in [-0.2, 0) is 6.42 Å². The topological polar surface area (TPSA) is 75.0 Å². The largest absolute Gasteiger partial charge is 0.395 e. The van der Waals surface area contributed by atoms with Gasteiger partial charge in [0.1, 0.15) is 0 Å². The number of aromatic amines is 1. The molecule has 1 saturated carbocycles. The number of nitrogens with one attached hydrogen (secondary N) is 1. The summed E-state index contributed by atoms with van der Waals surface area (Å²) in [6.45, 7) is 6.38. The van der Waals surface area contributed by atoms with Gasteiger partial charge in [-0.25, -0.2) is 0 Å². The number of amides is 1. The molecule has 0 unspecified atom stereocenters. The molecule has 0 spiro atoms. The third kappa shape index (κ3) is 2.86. The van der Waals surface area contributed by atoms with Gasteiger partial charge in [-0.3, -0.25) is 9.89 Å². The lowest BCUT2D eigenvalue weighted by Gasteiger charge is -2.27. The van der Waals surface area contributed by atoms with E-state index < -0.39 is 0 Å². The fourth-order valence-electron chi connectivity index (χ4n) is 2.88. The average Bonchev–Trinajstić information content (AvgIpc) is 3.07. The van der Waals surface area contributed by atoms with Gasteiger partial charge < -0.3 is 10.6 Å². The van der Waals surface area contributed by atoms with Crippen LogP contribution in [0.25, 0.3) is 0 Å². The zero-order chi connectivity index (χ0) is 14.5. The Labute approximate surface area is 120 Å². The summed E-state index contributed by atoms with van der Waals surface area (Å²) in [6.07, 6.45) is 8.05. The maximum absolute atomic E-state index is 12.7. The first kappa shape index (κ1) is 14.6. The van der Waals surface area contributed by atoms with Crippen molar-refractivity contribution < 1.29 is 4.79 Å². The van der Waals surface area contributed by atoms with Crippen LogP contribution < -0.4 is 5.73 Å². The number of hydrogen-bond donors (Lipinski definition) is 2. The van der Waals surface area contributed by atoms with Crippen LogP contribution in [0.4, 0.5) is 5.69 Å². The molecule has 2 rings (SSSR count). The van der Waals surface area contributed by atoms with Crippen molar-refractivity contribution in [2.24, 2.45) is 0 Å². The minimum atomic E-state index is -0.0760. The molecular weight excluding hydrogens is 252 g/mol. The molecule has 5 heteroatoms. The summed E-state index contributed by atoms with van der Waals surface area (Å²) in [5, 5.41) is 7.03. The highest BCUT2D eigenvalue weighted by atomic mass is 16.2. The number of carbonyl (C=O) groups excluding carboxylic acids is 1. The third-order valence-electron chi connectivity index (χ3n) is 3.94. The summed E-state index contributed by atoms with van der Waals surface area (Å²) in [5.74, 6) is -0.0760. The Morgan fingerprint density at radius 2 is 2.25 bits per heavy atom. The highest BCUT2D eigenvalue weighted by Crippen LogP contribution is 2.26. The van der Waals surface area contributed by atoms with Crippen molar-refractivity contribution in [3.05, 3.63) is 24.0 Å². The predicted octanol–water partition coefficient (Wildman–Crippen LogP) is 2.52. The van der Waals surface area contributed by atoms with E-state index in [-0.39, 0.29) is 5.91 Å². The Kier molecular flexibility index (Phi) is 4.82. The number of anilines is 1. The van der Waals surface area contributed by atoms with Crippen molar-refractivity contribution in [3.63, 3.8) is 0 Å². The highest BCUT2D eigenvalue weighted by molar-refractivity contribution is 5.98. The van der Waals surface area contributed by atoms with Gasteiger partial charge in [-0.2, -0.15) is 5.10 Å². The van der Waals surface area contributed by atoms with Gasteiger partial charge in [0.05, 0.1) is 11.4 Å². The normalized spacial score (nSPS) is 15.4. The summed E-state index contributed by atoms with van der Waals surface area (Å²) >= 11 is 0. The van der Waals surface area contributed by atoms with Gasteiger partial charge in [-0.1, -0.05) is 32.3 Å². The summed E-state index contributed by atoms with van der Waals surface area (Å²) in [4.78, 5) is 14.5. The molecule has 1 aromatic heterocycles. The molecule has 110 valence electrons. The van der Waals surface area contributed by atoms with Crippen LogP contribution in [-0.4, -0.2) is 33.6 Å². The molecule has 1 fully saturated rings. The Morgan fingerprint density at radius 1 is 1.55 bits per heavy atom. The molecule has 0 atom stereocenters. The molecule has 1 aromatic rings. The smallest absolute Gasteiger partial charge is 0.277 e. The highest BCUT2D eigenvalue weighted by Gasteiger charge is 2.29. The number of nitrogens with zero attached hydrogens (tertiary/aromatic N) is 2. The second-order valence-electron chi connectivity index (χ2n) is 5.40. The quantitative estimate of drug-likeness (QED) is 0.784. The van der Waals surface area contributed by atoms with Crippen molar-refractivity contribution in [3.8, 4) is 0 Å². The van der Waals surface area contributed by atoms with Gasteiger partial charge in [0.25, 0.3) is 5.91 Å².